The summed E-state index contributed by atoms with van der Waals surface area (Å²) in [4.78, 5) is 8.74. The van der Waals surface area contributed by atoms with Crippen LogP contribution in [-0.4, -0.2) is 23.1 Å². The van der Waals surface area contributed by atoms with E-state index in [-0.39, 0.29) is 17.3 Å². The Morgan fingerprint density at radius 2 is 2.04 bits per heavy atom. The summed E-state index contributed by atoms with van der Waals surface area (Å²) in [7, 11) is 0. The molecule has 0 saturated carbocycles. The van der Waals surface area contributed by atoms with Crippen LogP contribution in [0.3, 0.4) is 0 Å². The third kappa shape index (κ3) is 4.94. The van der Waals surface area contributed by atoms with E-state index in [1.165, 1.54) is 11.3 Å². The second-order valence-corrected chi connectivity index (χ2v) is 7.62. The molecule has 0 saturated heterocycles. The minimum Gasteiger partial charge on any atom is -0.356 e. The summed E-state index contributed by atoms with van der Waals surface area (Å²) in [6.07, 6.45) is -1.52. The lowest BCUT2D eigenvalue weighted by molar-refractivity contribution is 0.155. The Morgan fingerprint density at radius 3 is 2.73 bits per heavy atom. The number of para-hydroxylation sites is 2. The van der Waals surface area contributed by atoms with E-state index in [9.17, 15) is 8.78 Å². The van der Waals surface area contributed by atoms with Gasteiger partial charge >= 0.3 is 0 Å². The number of alkyl halides is 2. The fourth-order valence-electron chi connectivity index (χ4n) is 2.53. The second kappa shape index (κ2) is 9.64. The summed E-state index contributed by atoms with van der Waals surface area (Å²) in [5.41, 5.74) is 2.85. The number of hydrogen-bond acceptors (Lipinski definition) is 4. The van der Waals surface area contributed by atoms with E-state index in [0.717, 1.165) is 46.9 Å². The maximum atomic E-state index is 12.9. The number of thiophene rings is 1. The van der Waals surface area contributed by atoms with Crippen molar-refractivity contribution in [2.45, 2.75) is 26.3 Å². The van der Waals surface area contributed by atoms with E-state index >= 15 is 0 Å². The lowest BCUT2D eigenvalue weighted by Gasteiger charge is -2.05. The first-order valence-corrected chi connectivity index (χ1v) is 9.62. The van der Waals surface area contributed by atoms with Gasteiger partial charge < -0.3 is 15.6 Å². The highest BCUT2D eigenvalue weighted by Gasteiger charge is 2.19. The number of nitrogens with zero attached hydrogens (tertiary/aromatic N) is 1. The first-order chi connectivity index (χ1) is 12.1. The van der Waals surface area contributed by atoms with Crippen molar-refractivity contribution in [1.82, 2.24) is 15.3 Å². The van der Waals surface area contributed by atoms with Gasteiger partial charge in [0.25, 0.3) is 6.43 Å². The molecule has 3 rings (SSSR count). The van der Waals surface area contributed by atoms with E-state index in [4.69, 9.17) is 0 Å². The number of benzene rings is 1. The van der Waals surface area contributed by atoms with E-state index in [2.05, 4.69) is 36.5 Å². The van der Waals surface area contributed by atoms with Crippen molar-refractivity contribution in [2.24, 2.45) is 0 Å². The average Bonchev–Trinajstić information content (AvgIpc) is 3.13. The second-order valence-electron chi connectivity index (χ2n) is 5.69. The molecule has 0 aliphatic heterocycles. The number of halogens is 4. The molecular formula is C17H20BrClF2N4S. The van der Waals surface area contributed by atoms with Crippen LogP contribution in [0.25, 0.3) is 11.0 Å². The molecule has 0 unspecified atom stereocenters. The number of H-pyrrole nitrogens is 1. The van der Waals surface area contributed by atoms with Gasteiger partial charge in [-0.15, -0.1) is 23.7 Å². The molecule has 2 aromatic heterocycles. The molecule has 0 bridgehead atoms. The molecule has 0 aliphatic carbocycles. The van der Waals surface area contributed by atoms with Crippen molar-refractivity contribution in [3.8, 4) is 0 Å². The van der Waals surface area contributed by atoms with Crippen LogP contribution in [0.2, 0.25) is 0 Å². The number of imidazole rings is 1. The fourth-order valence-corrected chi connectivity index (χ4v) is 4.34. The lowest BCUT2D eigenvalue weighted by Crippen LogP contribution is -2.17. The monoisotopic (exact) mass is 464 g/mol. The minimum atomic E-state index is -2.43. The zero-order valence-corrected chi connectivity index (χ0v) is 17.3. The first-order valence-electron chi connectivity index (χ1n) is 8.01. The molecule has 9 heteroatoms. The Bertz CT molecular complexity index is 820. The third-order valence-corrected chi connectivity index (χ3v) is 6.48. The number of anilines is 1. The Labute approximate surface area is 169 Å². The summed E-state index contributed by atoms with van der Waals surface area (Å²) >= 11 is 4.43. The summed E-state index contributed by atoms with van der Waals surface area (Å²) in [5, 5.41) is 6.57. The SMILES string of the molecule is Cc1c(CNCCCNc2nc3ccccc3[nH]2)sc(C(F)F)c1Br.Cl. The van der Waals surface area contributed by atoms with Gasteiger partial charge in [0.05, 0.1) is 15.9 Å². The maximum absolute atomic E-state index is 12.9. The number of nitrogens with one attached hydrogen (secondary N) is 3. The normalized spacial score (nSPS) is 11.1. The van der Waals surface area contributed by atoms with Crippen molar-refractivity contribution >= 4 is 56.7 Å². The molecule has 0 fully saturated rings. The minimum absolute atomic E-state index is 0. The van der Waals surface area contributed by atoms with Crippen LogP contribution < -0.4 is 10.6 Å². The summed E-state index contributed by atoms with van der Waals surface area (Å²) in [6, 6.07) is 7.89. The van der Waals surface area contributed by atoms with Gasteiger partial charge in [0.15, 0.2) is 0 Å². The molecule has 1 aromatic carbocycles. The predicted octanol–water partition coefficient (Wildman–Crippen LogP) is 5.65. The van der Waals surface area contributed by atoms with Crippen molar-refractivity contribution in [1.29, 1.82) is 0 Å². The van der Waals surface area contributed by atoms with Gasteiger partial charge in [0.1, 0.15) is 0 Å². The Kier molecular flexibility index (Phi) is 7.82. The highest BCUT2D eigenvalue weighted by atomic mass is 79.9. The van der Waals surface area contributed by atoms with Crippen LogP contribution in [0, 0.1) is 6.92 Å². The average molecular weight is 466 g/mol. The van der Waals surface area contributed by atoms with Crippen LogP contribution in [0.15, 0.2) is 28.7 Å². The van der Waals surface area contributed by atoms with Gasteiger partial charge in [-0.25, -0.2) is 13.8 Å². The molecule has 26 heavy (non-hydrogen) atoms. The summed E-state index contributed by atoms with van der Waals surface area (Å²) in [6.45, 7) is 4.05. The molecule has 3 N–H and O–H groups in total. The number of hydrogen-bond donors (Lipinski definition) is 3. The largest absolute Gasteiger partial charge is 0.356 e. The Morgan fingerprint density at radius 1 is 1.27 bits per heavy atom. The number of rotatable bonds is 8. The van der Waals surface area contributed by atoms with Crippen LogP contribution in [-0.2, 0) is 6.54 Å². The molecule has 0 radical (unpaired) electrons. The van der Waals surface area contributed by atoms with Crippen LogP contribution >= 0.6 is 39.7 Å². The molecule has 142 valence electrons. The Balaban J connectivity index is 0.00000243. The molecular weight excluding hydrogens is 446 g/mol. The highest BCUT2D eigenvalue weighted by molar-refractivity contribution is 9.10. The molecule has 3 aromatic rings. The smallest absolute Gasteiger partial charge is 0.273 e. The van der Waals surface area contributed by atoms with Crippen molar-refractivity contribution < 1.29 is 8.78 Å². The fraction of sp³-hybridized carbons (Fsp3) is 0.353. The standard InChI is InChI=1S/C17H19BrF2N4S.ClH/c1-10-13(25-15(14(10)18)16(19)20)9-21-7-4-8-22-17-23-11-5-2-3-6-12(11)24-17;/h2-3,5-6,16,21H,4,7-9H2,1H3,(H2,22,23,24);1H. The van der Waals surface area contributed by atoms with Crippen LogP contribution in [0.1, 0.15) is 28.2 Å². The number of fused-ring (bicyclic) bond motifs is 1. The van der Waals surface area contributed by atoms with E-state index in [0.29, 0.717) is 11.0 Å². The van der Waals surface area contributed by atoms with Crippen molar-refractivity contribution in [3.05, 3.63) is 44.1 Å². The van der Waals surface area contributed by atoms with Gasteiger partial charge in [-0.05, 0) is 53.5 Å². The van der Waals surface area contributed by atoms with Crippen LogP contribution in [0.5, 0.6) is 0 Å². The number of aromatic amines is 1. The molecule has 0 atom stereocenters. The predicted molar refractivity (Wildman–Crippen MR) is 110 cm³/mol. The number of aromatic nitrogens is 2. The van der Waals surface area contributed by atoms with Crippen LogP contribution in [0.4, 0.5) is 14.7 Å². The summed E-state index contributed by atoms with van der Waals surface area (Å²) in [5.74, 6) is 0.765. The van der Waals surface area contributed by atoms with Gasteiger partial charge in [-0.3, -0.25) is 0 Å². The van der Waals surface area contributed by atoms with E-state index < -0.39 is 6.43 Å². The molecule has 0 amide bonds. The maximum Gasteiger partial charge on any atom is 0.273 e. The molecule has 4 nitrogen and oxygen atoms in total. The molecule has 0 aliphatic rings. The van der Waals surface area contributed by atoms with Gasteiger partial charge in [0.2, 0.25) is 5.95 Å². The highest BCUT2D eigenvalue weighted by Crippen LogP contribution is 2.38. The third-order valence-electron chi connectivity index (χ3n) is 3.89. The quantitative estimate of drug-likeness (QED) is 0.377. The van der Waals surface area contributed by atoms with Gasteiger partial charge in [0, 0.05) is 22.4 Å². The zero-order valence-electron chi connectivity index (χ0n) is 14.1. The lowest BCUT2D eigenvalue weighted by atomic mass is 10.2. The van der Waals surface area contributed by atoms with Crippen molar-refractivity contribution in [3.63, 3.8) is 0 Å². The Hall–Kier alpha value is -1.22. The van der Waals surface area contributed by atoms with Gasteiger partial charge in [-0.2, -0.15) is 0 Å². The van der Waals surface area contributed by atoms with E-state index in [1.54, 1.807) is 0 Å². The van der Waals surface area contributed by atoms with Gasteiger partial charge in [-0.1, -0.05) is 12.1 Å². The zero-order chi connectivity index (χ0) is 17.8. The first kappa shape index (κ1) is 21.1. The molecule has 2 heterocycles. The topological polar surface area (TPSA) is 52.7 Å². The molecule has 0 spiro atoms. The van der Waals surface area contributed by atoms with E-state index in [1.807, 2.05) is 31.2 Å². The summed E-state index contributed by atoms with van der Waals surface area (Å²) < 4.78 is 26.3. The van der Waals surface area contributed by atoms with Crippen molar-refractivity contribution in [2.75, 3.05) is 18.4 Å².